The number of aromatic nitrogens is 8. The summed E-state index contributed by atoms with van der Waals surface area (Å²) in [5, 5.41) is 15.8. The fraction of sp³-hybridized carbons (Fsp3) is 0. The Bertz CT molecular complexity index is 6670. The fourth-order valence-corrected chi connectivity index (χ4v) is 16.7. The van der Waals surface area contributed by atoms with E-state index in [4.69, 9.17) is 14.7 Å². The summed E-state index contributed by atoms with van der Waals surface area (Å²) in [6.07, 6.45) is 0. The maximum absolute atomic E-state index is 7.39. The average Bonchev–Trinajstić information content (AvgIpc) is 1.53. The molecule has 0 bridgehead atoms. The molecule has 95 heavy (non-hydrogen) atoms. The topological polar surface area (TPSA) is 63.6 Å². The zero-order valence-electron chi connectivity index (χ0n) is 50.9. The number of pyridine rings is 2. The lowest BCUT2D eigenvalue weighted by Crippen LogP contribution is -2.00. The minimum absolute atomic E-state index is 0.694. The third kappa shape index (κ3) is 6.69. The summed E-state index contributed by atoms with van der Waals surface area (Å²) in [7, 11) is 0. The van der Waals surface area contributed by atoms with E-state index in [-0.39, 0.29) is 0 Å². The van der Waals surface area contributed by atoms with Crippen LogP contribution in [0.15, 0.2) is 303 Å². The van der Waals surface area contributed by atoms with E-state index in [1.807, 2.05) is 0 Å². The summed E-state index contributed by atoms with van der Waals surface area (Å²) >= 11 is 0. The predicted molar refractivity (Wildman–Crippen MR) is 393 cm³/mol. The summed E-state index contributed by atoms with van der Waals surface area (Å²) in [6, 6.07) is 110. The first-order valence-corrected chi connectivity index (χ1v) is 32.4. The lowest BCUT2D eigenvalue weighted by Gasteiger charge is -2.18. The average molecular weight is 1210 g/mol. The van der Waals surface area contributed by atoms with Crippen molar-refractivity contribution in [3.05, 3.63) is 303 Å². The zero-order chi connectivity index (χ0) is 61.7. The van der Waals surface area contributed by atoms with Crippen LogP contribution in [0, 0.1) is 0 Å². The van der Waals surface area contributed by atoms with Gasteiger partial charge < -0.3 is 23.0 Å². The van der Waals surface area contributed by atoms with E-state index in [1.54, 1.807) is 0 Å². The van der Waals surface area contributed by atoms with Crippen molar-refractivity contribution in [2.75, 3.05) is 0 Å². The van der Waals surface area contributed by atoms with Crippen LogP contribution in [0.25, 0.3) is 187 Å². The van der Waals surface area contributed by atoms with Gasteiger partial charge in [0.15, 0.2) is 0 Å². The van der Waals surface area contributed by atoms with Crippen molar-refractivity contribution >= 4 is 164 Å². The molecule has 9 heteroatoms. The van der Waals surface area contributed by atoms with E-state index in [0.717, 1.165) is 144 Å². The van der Waals surface area contributed by atoms with E-state index in [0.29, 0.717) is 11.5 Å². The third-order valence-corrected chi connectivity index (χ3v) is 20.3. The molecule has 0 N–H and O–H groups in total. The molecule has 0 unspecified atom stereocenters. The molecule has 0 aliphatic heterocycles. The first kappa shape index (κ1) is 50.7. The normalized spacial score (nSPS) is 12.4. The molecule has 14 aromatic carbocycles. The lowest BCUT2D eigenvalue weighted by molar-refractivity contribution is 0.484. The van der Waals surface area contributed by atoms with E-state index < -0.39 is 0 Å². The van der Waals surface area contributed by atoms with Crippen LogP contribution < -0.4 is 4.74 Å². The highest BCUT2D eigenvalue weighted by molar-refractivity contribution is 6.42. The number of hydrogen-bond acceptors (Lipinski definition) is 3. The lowest BCUT2D eigenvalue weighted by atomic mass is 9.97. The Hall–Kier alpha value is -13.0. The Labute approximate surface area is 540 Å². The molecular weight excluding hydrogens is 1160 g/mol. The van der Waals surface area contributed by atoms with Gasteiger partial charge in [0.25, 0.3) is 0 Å². The molecule has 0 aliphatic carbocycles. The van der Waals surface area contributed by atoms with E-state index >= 15 is 0 Å². The molecule has 0 saturated carbocycles. The van der Waals surface area contributed by atoms with Gasteiger partial charge in [-0.25, -0.2) is 9.97 Å². The maximum Gasteiger partial charge on any atom is 0.146 e. The Balaban J connectivity index is 0.864. The van der Waals surface area contributed by atoms with Crippen LogP contribution >= 0.6 is 0 Å². The molecule has 0 fully saturated rings. The minimum atomic E-state index is 0.694. The van der Waals surface area contributed by atoms with E-state index in [2.05, 4.69) is 330 Å². The van der Waals surface area contributed by atoms with Crippen molar-refractivity contribution in [2.24, 2.45) is 0 Å². The van der Waals surface area contributed by atoms with E-state index in [1.165, 1.54) is 43.1 Å². The number of nitrogens with zero attached hydrogens (tertiary/aromatic N) is 8. The number of imidazole rings is 2. The molecular formula is C86H50N8O. The summed E-state index contributed by atoms with van der Waals surface area (Å²) < 4.78 is 22.2. The molecule has 0 saturated heterocycles. The molecule has 0 atom stereocenters. The quantitative estimate of drug-likeness (QED) is 0.156. The highest BCUT2D eigenvalue weighted by atomic mass is 16.5. The van der Waals surface area contributed by atoms with Gasteiger partial charge >= 0.3 is 0 Å². The van der Waals surface area contributed by atoms with Gasteiger partial charge in [-0.3, -0.25) is 8.80 Å². The molecule has 22 aromatic rings. The van der Waals surface area contributed by atoms with Gasteiger partial charge in [0.2, 0.25) is 0 Å². The third-order valence-electron chi connectivity index (χ3n) is 20.3. The largest absolute Gasteiger partial charge is 0.457 e. The molecule has 22 rings (SSSR count). The van der Waals surface area contributed by atoms with Crippen LogP contribution in [0.4, 0.5) is 0 Å². The van der Waals surface area contributed by atoms with Crippen LogP contribution in [0.3, 0.4) is 0 Å². The van der Waals surface area contributed by atoms with Gasteiger partial charge in [-0.2, -0.15) is 0 Å². The summed E-state index contributed by atoms with van der Waals surface area (Å²) in [6.45, 7) is 0. The second kappa shape index (κ2) is 18.8. The smallest absolute Gasteiger partial charge is 0.146 e. The molecule has 440 valence electrons. The Kier molecular flexibility index (Phi) is 10.1. The first-order valence-electron chi connectivity index (χ1n) is 32.4. The number of ether oxygens (including phenoxy) is 1. The van der Waals surface area contributed by atoms with Crippen molar-refractivity contribution in [3.63, 3.8) is 0 Å². The molecule has 0 spiro atoms. The van der Waals surface area contributed by atoms with Crippen LogP contribution in [0.2, 0.25) is 0 Å². The summed E-state index contributed by atoms with van der Waals surface area (Å²) in [5.74, 6) is 1.39. The maximum atomic E-state index is 7.39. The van der Waals surface area contributed by atoms with Crippen LogP contribution in [0.1, 0.15) is 0 Å². The van der Waals surface area contributed by atoms with Gasteiger partial charge in [0.1, 0.15) is 22.8 Å². The van der Waals surface area contributed by atoms with Gasteiger partial charge in [-0.15, -0.1) is 0 Å². The molecule has 8 aromatic heterocycles. The fourth-order valence-electron chi connectivity index (χ4n) is 16.7. The number of benzene rings is 14. The van der Waals surface area contributed by atoms with Crippen LogP contribution in [-0.4, -0.2) is 37.0 Å². The van der Waals surface area contributed by atoms with Crippen molar-refractivity contribution in [3.8, 4) is 34.2 Å². The molecule has 0 amide bonds. The Morgan fingerprint density at radius 1 is 0.211 bits per heavy atom. The van der Waals surface area contributed by atoms with Gasteiger partial charge in [-0.05, 0) is 144 Å². The van der Waals surface area contributed by atoms with Crippen LogP contribution in [0.5, 0.6) is 11.5 Å². The number of fused-ring (bicyclic) bond motifs is 34. The van der Waals surface area contributed by atoms with Crippen molar-refractivity contribution < 1.29 is 4.74 Å². The molecule has 0 radical (unpaired) electrons. The van der Waals surface area contributed by atoms with E-state index in [9.17, 15) is 0 Å². The number of hydrogen-bond donors (Lipinski definition) is 0. The monoisotopic (exact) mass is 1210 g/mol. The van der Waals surface area contributed by atoms with Crippen LogP contribution in [-0.2, 0) is 0 Å². The second-order valence-corrected chi connectivity index (χ2v) is 25.1. The number of para-hydroxylation sites is 12. The minimum Gasteiger partial charge on any atom is -0.457 e. The molecule has 8 heterocycles. The highest BCUT2D eigenvalue weighted by Crippen LogP contribution is 2.53. The SMILES string of the molecule is c1ccc(-n2c3ccccc3c3c2c2c4ccc(Oc5ccc6c(c5)c5nc7ccccc7n5c5c6c6c(c7ccccc7n6-c6ccccc6)c6c5c5ccccc5n6-c5ccccc5)cc4c4nc5ccccc5n4c2c2c4ccccc4n(-c4ccccc4)c32)cc1. The highest BCUT2D eigenvalue weighted by Gasteiger charge is 2.31. The number of rotatable bonds is 6. The molecule has 9 nitrogen and oxygen atoms in total. The van der Waals surface area contributed by atoms with Gasteiger partial charge in [0, 0.05) is 87.4 Å². The second-order valence-electron chi connectivity index (χ2n) is 25.1. The van der Waals surface area contributed by atoms with Crippen molar-refractivity contribution in [2.45, 2.75) is 0 Å². The predicted octanol–water partition coefficient (Wildman–Crippen LogP) is 22.1. The Morgan fingerprint density at radius 3 is 0.800 bits per heavy atom. The standard InChI is InChI=1S/C86H50N8O/c1-5-25-51(26-6-1)89-67-39-19-13-33-59(67)75-79(89)73-57-47-45-55(49-63(57)85-87-65-37-17-23-43-71(65)93(85)83(73)77-61-35-15-21-41-69(61)91(81(75)77)53-29-9-3-10-30-53)95-56-46-48-58-64(50-56)86-88-66-38-18-24-44-72(66)94(86)84-74(58)80-76(60-34-14-20-40-68(60)90(80)52-27-7-2-8-28-52)82-78(84)62-36-16-22-42-70(62)92(82)54-31-11-4-12-32-54/h1-50H. The summed E-state index contributed by atoms with van der Waals surface area (Å²) in [5.41, 5.74) is 21.2. The van der Waals surface area contributed by atoms with Crippen molar-refractivity contribution in [1.82, 2.24) is 37.0 Å². The summed E-state index contributed by atoms with van der Waals surface area (Å²) in [4.78, 5) is 11.3. The first-order chi connectivity index (χ1) is 47.2. The molecule has 0 aliphatic rings. The zero-order valence-corrected chi connectivity index (χ0v) is 50.9. The van der Waals surface area contributed by atoms with Gasteiger partial charge in [0.05, 0.1) is 77.2 Å². The van der Waals surface area contributed by atoms with Gasteiger partial charge in [-0.1, -0.05) is 170 Å². The van der Waals surface area contributed by atoms with Crippen molar-refractivity contribution in [1.29, 1.82) is 0 Å². The Morgan fingerprint density at radius 2 is 0.474 bits per heavy atom.